The zero-order valence-electron chi connectivity index (χ0n) is 6.68. The largest absolute Gasteiger partial charge is 1.00 e. The Morgan fingerprint density at radius 1 is 1.08 bits per heavy atom. The standard InChI is InChI=1S/CH4Cl2O6P2.2Na/c2-1(3,10(4,5)6)11(7,8)9;;/h(H2,4,5,6)(H2,7,8,9);;/q;2*+1/p-2/i1+1;;. The Morgan fingerprint density at radius 2 is 1.31 bits per heavy atom. The van der Waals surface area contributed by atoms with Crippen molar-refractivity contribution in [1.82, 2.24) is 0 Å². The summed E-state index contributed by atoms with van der Waals surface area (Å²) >= 11 is 9.21. The van der Waals surface area contributed by atoms with Crippen LogP contribution in [0.2, 0.25) is 0 Å². The molecule has 0 aliphatic rings. The first-order valence-corrected chi connectivity index (χ1v) is 5.87. The quantitative estimate of drug-likeness (QED) is 0.226. The van der Waals surface area contributed by atoms with Crippen LogP contribution in [0.25, 0.3) is 0 Å². The summed E-state index contributed by atoms with van der Waals surface area (Å²) in [4.78, 5) is 36.3. The Bertz CT molecular complexity index is 219. The van der Waals surface area contributed by atoms with E-state index in [0.29, 0.717) is 0 Å². The fourth-order valence-corrected chi connectivity index (χ4v) is 1.44. The summed E-state index contributed by atoms with van der Waals surface area (Å²) in [7, 11) is -11.1. The first-order valence-electron chi connectivity index (χ1n) is 1.96. The molecule has 0 fully saturated rings. The summed E-state index contributed by atoms with van der Waals surface area (Å²) in [5.74, 6) is 0. The third-order valence-corrected chi connectivity index (χ3v) is 6.12. The third kappa shape index (κ3) is 5.66. The molecular weight excluding hydrogens is 288 g/mol. The van der Waals surface area contributed by atoms with E-state index in [-0.39, 0.29) is 59.1 Å². The van der Waals surface area contributed by atoms with Gasteiger partial charge >= 0.3 is 66.7 Å². The van der Waals surface area contributed by atoms with Gasteiger partial charge in [0, 0.05) is 0 Å². The second-order valence-corrected chi connectivity index (χ2v) is 7.71. The summed E-state index contributed by atoms with van der Waals surface area (Å²) in [6, 6.07) is 0. The van der Waals surface area contributed by atoms with Crippen molar-refractivity contribution in [2.24, 2.45) is 0 Å². The molecule has 0 amide bonds. The average molecular weight is 290 g/mol. The molecule has 0 aromatic heterocycles. The van der Waals surface area contributed by atoms with Gasteiger partial charge in [-0.1, -0.05) is 23.2 Å². The summed E-state index contributed by atoms with van der Waals surface area (Å²) < 4.78 is 16.6. The second-order valence-electron chi connectivity index (χ2n) is 1.55. The summed E-state index contributed by atoms with van der Waals surface area (Å²) in [5.41, 5.74) is 0. The van der Waals surface area contributed by atoms with Crippen LogP contribution < -0.4 is 68.9 Å². The van der Waals surface area contributed by atoms with Gasteiger partial charge in [-0.2, -0.15) is 0 Å². The van der Waals surface area contributed by atoms with Gasteiger partial charge in [-0.3, -0.25) is 4.57 Å². The Hall–Kier alpha value is 2.88. The van der Waals surface area contributed by atoms with Gasteiger partial charge < -0.3 is 24.1 Å². The van der Waals surface area contributed by atoms with Crippen LogP contribution in [-0.4, -0.2) is 13.6 Å². The number of hydrogen-bond donors (Lipinski definition) is 2. The molecule has 0 aliphatic carbocycles. The Kier molecular flexibility index (Phi) is 10.7. The van der Waals surface area contributed by atoms with Crippen molar-refractivity contribution in [3.8, 4) is 0 Å². The number of halogens is 2. The SMILES string of the molecule is O=P([O-])([O-])[13C](Cl)(Cl)P(=O)(O)O.[Na+].[Na+]. The summed E-state index contributed by atoms with van der Waals surface area (Å²) in [5, 5.41) is 0. The maximum atomic E-state index is 10.2. The van der Waals surface area contributed by atoms with E-state index in [4.69, 9.17) is 9.79 Å². The van der Waals surface area contributed by atoms with Crippen LogP contribution in [0.1, 0.15) is 0 Å². The Balaban J connectivity index is -0.000000500. The van der Waals surface area contributed by atoms with Crippen molar-refractivity contribution in [3.05, 3.63) is 0 Å². The van der Waals surface area contributed by atoms with Crippen LogP contribution >= 0.6 is 38.4 Å². The van der Waals surface area contributed by atoms with Crippen LogP contribution in [0.3, 0.4) is 0 Å². The number of hydrogen-bond acceptors (Lipinski definition) is 4. The molecule has 68 valence electrons. The molecule has 6 nitrogen and oxygen atoms in total. The molecule has 0 saturated heterocycles. The van der Waals surface area contributed by atoms with Crippen LogP contribution in [0, 0.1) is 0 Å². The second kappa shape index (κ2) is 6.58. The van der Waals surface area contributed by atoms with E-state index in [9.17, 15) is 18.9 Å². The Labute approximate surface area is 128 Å². The molecule has 0 atom stereocenters. The van der Waals surface area contributed by atoms with E-state index in [1.807, 2.05) is 0 Å². The molecule has 0 aromatic rings. The molecular formula is CH2Cl2Na2O6P2. The average Bonchev–Trinajstić information content (AvgIpc) is 1.58. The van der Waals surface area contributed by atoms with Crippen molar-refractivity contribution < 1.29 is 87.8 Å². The smallest absolute Gasteiger partial charge is 0.808 e. The molecule has 0 rings (SSSR count). The van der Waals surface area contributed by atoms with Crippen molar-refractivity contribution >= 4 is 38.4 Å². The van der Waals surface area contributed by atoms with Crippen molar-refractivity contribution in [1.29, 1.82) is 0 Å². The molecule has 0 unspecified atom stereocenters. The molecule has 12 heteroatoms. The first kappa shape index (κ1) is 21.2. The van der Waals surface area contributed by atoms with Gasteiger partial charge in [-0.15, -0.1) is 0 Å². The monoisotopic (exact) mass is 289 g/mol. The third-order valence-electron chi connectivity index (χ3n) is 0.680. The molecule has 0 saturated carbocycles. The molecule has 0 heterocycles. The van der Waals surface area contributed by atoms with Crippen LogP contribution in [0.15, 0.2) is 0 Å². The van der Waals surface area contributed by atoms with Gasteiger partial charge in [0.05, 0.1) is 0 Å². The topological polar surface area (TPSA) is 121 Å². The van der Waals surface area contributed by atoms with E-state index in [1.54, 1.807) is 0 Å². The van der Waals surface area contributed by atoms with Gasteiger partial charge in [0.25, 0.3) is 0 Å². The van der Waals surface area contributed by atoms with Crippen molar-refractivity contribution in [2.75, 3.05) is 0 Å². The van der Waals surface area contributed by atoms with Gasteiger partial charge in [-0.05, 0) is 7.60 Å². The van der Waals surface area contributed by atoms with E-state index in [0.717, 1.165) is 0 Å². The normalized spacial score (nSPS) is 12.8. The van der Waals surface area contributed by atoms with Crippen LogP contribution in [0.4, 0.5) is 0 Å². The van der Waals surface area contributed by atoms with E-state index in [2.05, 4.69) is 23.2 Å². The molecule has 2 N–H and O–H groups in total. The number of rotatable bonds is 2. The molecule has 0 aliphatic heterocycles. The zero-order chi connectivity index (χ0) is 9.50. The molecule has 0 aromatic carbocycles. The van der Waals surface area contributed by atoms with Gasteiger partial charge in [0.15, 0.2) is 0 Å². The predicted molar refractivity (Wildman–Crippen MR) is 34.1 cm³/mol. The first-order chi connectivity index (χ1) is 4.50. The fourth-order valence-electron chi connectivity index (χ4n) is 0.160. The van der Waals surface area contributed by atoms with E-state index < -0.39 is 19.0 Å². The predicted octanol–water partition coefficient (Wildman–Crippen LogP) is -6.83. The number of alkyl halides is 2. The summed E-state index contributed by atoms with van der Waals surface area (Å²) in [6.45, 7) is 0. The minimum atomic E-state index is -5.72. The molecule has 13 heavy (non-hydrogen) atoms. The Morgan fingerprint density at radius 3 is 1.31 bits per heavy atom. The van der Waals surface area contributed by atoms with Gasteiger partial charge in [0.2, 0.25) is 3.82 Å². The van der Waals surface area contributed by atoms with Gasteiger partial charge in [-0.25, -0.2) is 0 Å². The van der Waals surface area contributed by atoms with Crippen LogP contribution in [-0.2, 0) is 9.13 Å². The van der Waals surface area contributed by atoms with E-state index in [1.165, 1.54) is 0 Å². The van der Waals surface area contributed by atoms with Crippen molar-refractivity contribution in [2.45, 2.75) is 3.82 Å². The fraction of sp³-hybridized carbons (Fsp3) is 1.00. The van der Waals surface area contributed by atoms with Gasteiger partial charge in [0.1, 0.15) is 0 Å². The minimum absolute atomic E-state index is 0. The molecule has 0 spiro atoms. The zero-order valence-corrected chi connectivity index (χ0v) is 14.0. The molecule has 0 bridgehead atoms. The minimum Gasteiger partial charge on any atom is -0.808 e. The van der Waals surface area contributed by atoms with Crippen LogP contribution in [0.5, 0.6) is 0 Å². The summed E-state index contributed by atoms with van der Waals surface area (Å²) in [6.07, 6.45) is 0. The maximum Gasteiger partial charge on any atom is 1.00 e. The molecule has 0 radical (unpaired) electrons. The van der Waals surface area contributed by atoms with Crippen molar-refractivity contribution in [3.63, 3.8) is 0 Å². The maximum absolute atomic E-state index is 10.2. The van der Waals surface area contributed by atoms with E-state index >= 15 is 0 Å².